The third-order valence-electron chi connectivity index (χ3n) is 4.33. The number of aromatic nitrogens is 1. The van der Waals surface area contributed by atoms with Crippen molar-refractivity contribution in [2.24, 2.45) is 11.7 Å². The Hall–Kier alpha value is -1.47. The molecule has 1 saturated heterocycles. The molecule has 2 aliphatic rings. The standard InChI is InChI=1S/C13H18N4O2S/c14-7-9-3-1-2-4-13(9)11(18)17(12(19)16-13)8-10-15-5-6-20-10/h5-6,9H,1-4,7-8,14H2,(H,16,19). The van der Waals surface area contributed by atoms with Crippen LogP contribution in [0.2, 0.25) is 0 Å². The lowest BCUT2D eigenvalue weighted by Crippen LogP contribution is -2.56. The minimum Gasteiger partial charge on any atom is -0.330 e. The molecule has 2 fully saturated rings. The Morgan fingerprint density at radius 2 is 2.35 bits per heavy atom. The molecule has 7 heteroatoms. The van der Waals surface area contributed by atoms with Gasteiger partial charge in [-0.1, -0.05) is 12.8 Å². The Bertz CT molecular complexity index is 518. The average molecular weight is 294 g/mol. The summed E-state index contributed by atoms with van der Waals surface area (Å²) in [5.74, 6) is -0.0955. The molecule has 0 bridgehead atoms. The van der Waals surface area contributed by atoms with E-state index in [0.717, 1.165) is 24.3 Å². The number of carbonyl (C=O) groups is 2. The van der Waals surface area contributed by atoms with Gasteiger partial charge in [-0.2, -0.15) is 0 Å². The predicted molar refractivity (Wildman–Crippen MR) is 74.9 cm³/mol. The third-order valence-corrected chi connectivity index (χ3v) is 5.10. The molecule has 1 saturated carbocycles. The van der Waals surface area contributed by atoms with Crippen molar-refractivity contribution in [2.45, 2.75) is 37.8 Å². The van der Waals surface area contributed by atoms with Gasteiger partial charge in [0.05, 0.1) is 6.54 Å². The summed E-state index contributed by atoms with van der Waals surface area (Å²) in [6.45, 7) is 0.679. The van der Waals surface area contributed by atoms with E-state index >= 15 is 0 Å². The van der Waals surface area contributed by atoms with Crippen LogP contribution in [0.3, 0.4) is 0 Å². The number of urea groups is 1. The summed E-state index contributed by atoms with van der Waals surface area (Å²) < 4.78 is 0. The third kappa shape index (κ3) is 2.01. The van der Waals surface area contributed by atoms with Gasteiger partial charge in [0.1, 0.15) is 10.5 Å². The van der Waals surface area contributed by atoms with Gasteiger partial charge in [-0.05, 0) is 19.4 Å². The van der Waals surface area contributed by atoms with Crippen molar-refractivity contribution in [3.05, 3.63) is 16.6 Å². The van der Waals surface area contributed by atoms with E-state index < -0.39 is 5.54 Å². The molecule has 2 atom stereocenters. The first kappa shape index (κ1) is 13.5. The molecule has 3 N–H and O–H groups in total. The Balaban J connectivity index is 1.85. The van der Waals surface area contributed by atoms with Crippen LogP contribution in [0, 0.1) is 5.92 Å². The monoisotopic (exact) mass is 294 g/mol. The summed E-state index contributed by atoms with van der Waals surface area (Å²) in [7, 11) is 0. The SMILES string of the molecule is NCC1CCCCC12NC(=O)N(Cc1nccs1)C2=O. The summed E-state index contributed by atoms with van der Waals surface area (Å²) in [5, 5.41) is 5.53. The van der Waals surface area contributed by atoms with E-state index in [4.69, 9.17) is 5.73 Å². The number of nitrogens with one attached hydrogen (secondary N) is 1. The molecule has 20 heavy (non-hydrogen) atoms. The molecular weight excluding hydrogens is 276 g/mol. The van der Waals surface area contributed by atoms with Gasteiger partial charge in [-0.15, -0.1) is 11.3 Å². The van der Waals surface area contributed by atoms with Crippen LogP contribution in [0.15, 0.2) is 11.6 Å². The number of hydrogen-bond acceptors (Lipinski definition) is 5. The molecule has 108 valence electrons. The lowest BCUT2D eigenvalue weighted by molar-refractivity contribution is -0.134. The minimum absolute atomic E-state index is 0.0361. The number of imide groups is 1. The van der Waals surface area contributed by atoms with E-state index in [-0.39, 0.29) is 24.4 Å². The highest BCUT2D eigenvalue weighted by Crippen LogP contribution is 2.38. The van der Waals surface area contributed by atoms with Gasteiger partial charge in [0, 0.05) is 17.5 Å². The van der Waals surface area contributed by atoms with Gasteiger partial charge in [-0.3, -0.25) is 9.69 Å². The van der Waals surface area contributed by atoms with E-state index in [1.54, 1.807) is 6.20 Å². The molecule has 3 rings (SSSR count). The number of carbonyl (C=O) groups excluding carboxylic acids is 2. The van der Waals surface area contributed by atoms with Gasteiger partial charge < -0.3 is 11.1 Å². The summed E-state index contributed by atoms with van der Waals surface area (Å²) in [4.78, 5) is 30.4. The lowest BCUT2D eigenvalue weighted by atomic mass is 9.72. The zero-order valence-electron chi connectivity index (χ0n) is 11.2. The van der Waals surface area contributed by atoms with Crippen LogP contribution in [0.25, 0.3) is 0 Å². The topological polar surface area (TPSA) is 88.3 Å². The molecule has 1 aliphatic carbocycles. The highest BCUT2D eigenvalue weighted by atomic mass is 32.1. The van der Waals surface area contributed by atoms with Gasteiger partial charge in [0.25, 0.3) is 5.91 Å². The van der Waals surface area contributed by atoms with Crippen LogP contribution < -0.4 is 11.1 Å². The van der Waals surface area contributed by atoms with Crippen molar-refractivity contribution in [1.82, 2.24) is 15.2 Å². The highest BCUT2D eigenvalue weighted by Gasteiger charge is 2.55. The average Bonchev–Trinajstić information content (AvgIpc) is 3.04. The van der Waals surface area contributed by atoms with Crippen LogP contribution in [-0.4, -0.2) is 33.9 Å². The molecule has 0 radical (unpaired) electrons. The first-order valence-electron chi connectivity index (χ1n) is 6.90. The second kappa shape index (κ2) is 5.14. The van der Waals surface area contributed by atoms with Crippen LogP contribution in [0.1, 0.15) is 30.7 Å². The second-order valence-electron chi connectivity index (χ2n) is 5.40. The minimum atomic E-state index is -0.776. The van der Waals surface area contributed by atoms with Crippen molar-refractivity contribution < 1.29 is 9.59 Å². The van der Waals surface area contributed by atoms with E-state index in [9.17, 15) is 9.59 Å². The molecule has 2 heterocycles. The second-order valence-corrected chi connectivity index (χ2v) is 6.38. The first-order valence-corrected chi connectivity index (χ1v) is 7.78. The van der Waals surface area contributed by atoms with Crippen molar-refractivity contribution in [1.29, 1.82) is 0 Å². The number of hydrogen-bond donors (Lipinski definition) is 2. The number of rotatable bonds is 3. The molecular formula is C13H18N4O2S. The molecule has 1 spiro atoms. The Morgan fingerprint density at radius 3 is 3.05 bits per heavy atom. The first-order chi connectivity index (χ1) is 9.67. The molecule has 1 aliphatic heterocycles. The van der Waals surface area contributed by atoms with Crippen molar-refractivity contribution in [2.75, 3.05) is 6.54 Å². The Morgan fingerprint density at radius 1 is 1.50 bits per heavy atom. The zero-order valence-corrected chi connectivity index (χ0v) is 12.0. The molecule has 3 amide bonds. The Kier molecular flexibility index (Phi) is 3.47. The van der Waals surface area contributed by atoms with Gasteiger partial charge in [0.15, 0.2) is 0 Å². The summed E-state index contributed by atoms with van der Waals surface area (Å²) in [5.41, 5.74) is 5.04. The van der Waals surface area contributed by atoms with Crippen LogP contribution in [0.5, 0.6) is 0 Å². The number of nitrogens with zero attached hydrogens (tertiary/aromatic N) is 2. The van der Waals surface area contributed by atoms with Gasteiger partial charge in [-0.25, -0.2) is 9.78 Å². The van der Waals surface area contributed by atoms with Crippen molar-refractivity contribution >= 4 is 23.3 Å². The number of thiazole rings is 1. The molecule has 1 aromatic rings. The van der Waals surface area contributed by atoms with Crippen LogP contribution in [-0.2, 0) is 11.3 Å². The number of nitrogens with two attached hydrogens (primary N) is 1. The fourth-order valence-electron chi connectivity index (χ4n) is 3.26. The zero-order chi connectivity index (χ0) is 14.2. The maximum atomic E-state index is 12.8. The van der Waals surface area contributed by atoms with E-state index in [2.05, 4.69) is 10.3 Å². The smallest absolute Gasteiger partial charge is 0.325 e. The normalized spacial score (nSPS) is 30.1. The van der Waals surface area contributed by atoms with Crippen molar-refractivity contribution in [3.8, 4) is 0 Å². The summed E-state index contributed by atoms with van der Waals surface area (Å²) in [6, 6.07) is -0.314. The van der Waals surface area contributed by atoms with E-state index in [1.165, 1.54) is 16.2 Å². The van der Waals surface area contributed by atoms with Crippen LogP contribution >= 0.6 is 11.3 Å². The summed E-state index contributed by atoms with van der Waals surface area (Å²) in [6.07, 6.45) is 5.28. The summed E-state index contributed by atoms with van der Waals surface area (Å²) >= 11 is 1.45. The highest BCUT2D eigenvalue weighted by molar-refractivity contribution is 7.09. The maximum Gasteiger partial charge on any atom is 0.325 e. The van der Waals surface area contributed by atoms with E-state index in [0.29, 0.717) is 13.0 Å². The molecule has 6 nitrogen and oxygen atoms in total. The molecule has 1 aromatic heterocycles. The maximum absolute atomic E-state index is 12.8. The van der Waals surface area contributed by atoms with Crippen molar-refractivity contribution in [3.63, 3.8) is 0 Å². The van der Waals surface area contributed by atoms with Crippen LogP contribution in [0.4, 0.5) is 4.79 Å². The predicted octanol–water partition coefficient (Wildman–Crippen LogP) is 1.08. The van der Waals surface area contributed by atoms with E-state index in [1.807, 2.05) is 5.38 Å². The quantitative estimate of drug-likeness (QED) is 0.817. The Labute approximate surface area is 121 Å². The largest absolute Gasteiger partial charge is 0.330 e. The molecule has 0 aromatic carbocycles. The fourth-order valence-corrected chi connectivity index (χ4v) is 3.87. The van der Waals surface area contributed by atoms with Gasteiger partial charge >= 0.3 is 6.03 Å². The number of amides is 3. The fraction of sp³-hybridized carbons (Fsp3) is 0.615. The molecule has 2 unspecified atom stereocenters. The lowest BCUT2D eigenvalue weighted by Gasteiger charge is -2.38. The van der Waals surface area contributed by atoms with Gasteiger partial charge in [0.2, 0.25) is 0 Å².